The van der Waals surface area contributed by atoms with E-state index in [-0.39, 0.29) is 11.4 Å². The number of primary amides is 1. The zero-order valence-corrected chi connectivity index (χ0v) is 10.7. The monoisotopic (exact) mass is 273 g/mol. The van der Waals surface area contributed by atoms with Gasteiger partial charge in [-0.05, 0) is 36.1 Å². The van der Waals surface area contributed by atoms with Crippen molar-refractivity contribution in [2.45, 2.75) is 12.8 Å². The number of carboxylic acid groups (broad SMARTS) is 1. The first-order valence-corrected chi connectivity index (χ1v) is 6.07. The topological polar surface area (TPSA) is 122 Å². The van der Waals surface area contributed by atoms with Gasteiger partial charge >= 0.3 is 5.97 Å². The minimum atomic E-state index is -0.953. The van der Waals surface area contributed by atoms with E-state index in [9.17, 15) is 9.59 Å². The molecule has 0 aliphatic heterocycles. The number of aromatic amines is 1. The lowest BCUT2D eigenvalue weighted by Gasteiger charge is -2.03. The largest absolute Gasteiger partial charge is 0.478 e. The Morgan fingerprint density at radius 2 is 1.80 bits per heavy atom. The molecule has 0 aliphatic carbocycles. The lowest BCUT2D eigenvalue weighted by Crippen LogP contribution is -2.14. The van der Waals surface area contributed by atoms with Crippen molar-refractivity contribution in [3.05, 3.63) is 52.7 Å². The number of rotatable bonds is 5. The van der Waals surface area contributed by atoms with E-state index < -0.39 is 11.9 Å². The fourth-order valence-electron chi connectivity index (χ4n) is 2.06. The highest BCUT2D eigenvalue weighted by molar-refractivity contribution is 5.99. The van der Waals surface area contributed by atoms with Crippen LogP contribution in [-0.2, 0) is 12.8 Å². The van der Waals surface area contributed by atoms with E-state index in [0.717, 1.165) is 11.1 Å². The van der Waals surface area contributed by atoms with Gasteiger partial charge in [0.2, 0.25) is 0 Å². The highest BCUT2D eigenvalue weighted by Gasteiger charge is 2.14. The molecule has 0 unspecified atom stereocenters. The Bertz CT molecular complexity index is 644. The maximum Gasteiger partial charge on any atom is 0.335 e. The van der Waals surface area contributed by atoms with Crippen molar-refractivity contribution < 1.29 is 14.7 Å². The van der Waals surface area contributed by atoms with Crippen LogP contribution in [0.25, 0.3) is 0 Å². The van der Waals surface area contributed by atoms with Crippen LogP contribution in [0.2, 0.25) is 0 Å². The molecule has 2 rings (SSSR count). The van der Waals surface area contributed by atoms with E-state index in [2.05, 4.69) is 4.98 Å². The average Bonchev–Trinajstić information content (AvgIpc) is 2.78. The summed E-state index contributed by atoms with van der Waals surface area (Å²) in [7, 11) is 0. The Hall–Kier alpha value is -2.76. The number of nitrogen functional groups attached to an aromatic ring is 1. The van der Waals surface area contributed by atoms with E-state index in [4.69, 9.17) is 16.6 Å². The van der Waals surface area contributed by atoms with Gasteiger partial charge in [0.25, 0.3) is 5.91 Å². The summed E-state index contributed by atoms with van der Waals surface area (Å²) in [5.41, 5.74) is 13.2. The minimum Gasteiger partial charge on any atom is -0.478 e. The van der Waals surface area contributed by atoms with Crippen molar-refractivity contribution in [2.24, 2.45) is 5.73 Å². The quantitative estimate of drug-likeness (QED) is 0.653. The Morgan fingerprint density at radius 1 is 1.15 bits per heavy atom. The van der Waals surface area contributed by atoms with E-state index in [1.165, 1.54) is 0 Å². The number of aryl methyl sites for hydroxylation is 2. The molecule has 20 heavy (non-hydrogen) atoms. The van der Waals surface area contributed by atoms with E-state index >= 15 is 0 Å². The van der Waals surface area contributed by atoms with Crippen LogP contribution in [0.5, 0.6) is 0 Å². The van der Waals surface area contributed by atoms with Gasteiger partial charge in [-0.1, -0.05) is 12.1 Å². The molecule has 0 spiro atoms. The first-order valence-electron chi connectivity index (χ1n) is 6.07. The Labute approximate surface area is 115 Å². The molecule has 1 aromatic heterocycles. The summed E-state index contributed by atoms with van der Waals surface area (Å²) in [5.74, 6) is -1.24. The van der Waals surface area contributed by atoms with Crippen LogP contribution in [0.4, 0.5) is 5.82 Å². The third-order valence-electron chi connectivity index (χ3n) is 3.12. The number of aromatic nitrogens is 1. The van der Waals surface area contributed by atoms with Crippen LogP contribution in [0.15, 0.2) is 30.5 Å². The second-order valence-corrected chi connectivity index (χ2v) is 4.47. The summed E-state index contributed by atoms with van der Waals surface area (Å²) in [6, 6.07) is 6.61. The summed E-state index contributed by atoms with van der Waals surface area (Å²) >= 11 is 0. The predicted octanol–water partition coefficient (Wildman–Crippen LogP) is 1.18. The number of anilines is 1. The van der Waals surface area contributed by atoms with Gasteiger partial charge in [-0.25, -0.2) is 4.79 Å². The van der Waals surface area contributed by atoms with Gasteiger partial charge in [0.05, 0.1) is 11.1 Å². The molecular weight excluding hydrogens is 258 g/mol. The smallest absolute Gasteiger partial charge is 0.335 e. The molecule has 1 heterocycles. The van der Waals surface area contributed by atoms with Crippen molar-refractivity contribution in [1.29, 1.82) is 0 Å². The Morgan fingerprint density at radius 3 is 2.35 bits per heavy atom. The second kappa shape index (κ2) is 5.48. The molecule has 2 aromatic rings. The molecule has 0 atom stereocenters. The summed E-state index contributed by atoms with van der Waals surface area (Å²) in [6.45, 7) is 0. The highest BCUT2D eigenvalue weighted by atomic mass is 16.4. The molecule has 0 saturated heterocycles. The number of hydrogen-bond acceptors (Lipinski definition) is 3. The maximum absolute atomic E-state index is 11.3. The normalized spacial score (nSPS) is 10.4. The van der Waals surface area contributed by atoms with E-state index in [1.54, 1.807) is 30.5 Å². The second-order valence-electron chi connectivity index (χ2n) is 4.47. The number of carbonyl (C=O) groups is 2. The van der Waals surface area contributed by atoms with Gasteiger partial charge in [0.15, 0.2) is 0 Å². The Kier molecular flexibility index (Phi) is 3.74. The number of benzene rings is 1. The number of carboxylic acids is 1. The van der Waals surface area contributed by atoms with Crippen molar-refractivity contribution in [2.75, 3.05) is 5.73 Å². The molecule has 0 aliphatic rings. The predicted molar refractivity (Wildman–Crippen MR) is 74.5 cm³/mol. The van der Waals surface area contributed by atoms with Crippen LogP contribution in [0.3, 0.4) is 0 Å². The summed E-state index contributed by atoms with van der Waals surface area (Å²) in [4.78, 5) is 24.8. The maximum atomic E-state index is 11.3. The van der Waals surface area contributed by atoms with E-state index in [1.807, 2.05) is 0 Å². The van der Waals surface area contributed by atoms with Crippen LogP contribution in [0, 0.1) is 0 Å². The molecule has 6 heteroatoms. The fraction of sp³-hybridized carbons (Fsp3) is 0.143. The molecule has 0 radical (unpaired) electrons. The first kappa shape index (κ1) is 13.7. The molecule has 0 bridgehead atoms. The highest BCUT2D eigenvalue weighted by Crippen LogP contribution is 2.18. The van der Waals surface area contributed by atoms with Crippen molar-refractivity contribution >= 4 is 17.7 Å². The summed E-state index contributed by atoms with van der Waals surface area (Å²) in [5, 5.41) is 8.81. The number of nitrogens with one attached hydrogen (secondary N) is 1. The number of carbonyl (C=O) groups excluding carboxylic acids is 1. The SMILES string of the molecule is NC(=O)c1c(CCc2ccc(C(=O)O)cc2)c[nH]c1N. The van der Waals surface area contributed by atoms with Crippen LogP contribution < -0.4 is 11.5 Å². The van der Waals surface area contributed by atoms with Gasteiger partial charge in [0.1, 0.15) is 5.82 Å². The molecule has 1 amide bonds. The van der Waals surface area contributed by atoms with Gasteiger partial charge in [-0.15, -0.1) is 0 Å². The minimum absolute atomic E-state index is 0.248. The molecule has 6 nitrogen and oxygen atoms in total. The third-order valence-corrected chi connectivity index (χ3v) is 3.12. The molecule has 6 N–H and O–H groups in total. The summed E-state index contributed by atoms with van der Waals surface area (Å²) in [6.07, 6.45) is 2.93. The number of hydrogen-bond donors (Lipinski definition) is 4. The molecule has 0 saturated carbocycles. The van der Waals surface area contributed by atoms with Crippen LogP contribution >= 0.6 is 0 Å². The zero-order valence-electron chi connectivity index (χ0n) is 10.7. The van der Waals surface area contributed by atoms with Crippen LogP contribution in [0.1, 0.15) is 31.8 Å². The lowest BCUT2D eigenvalue weighted by atomic mass is 10.0. The van der Waals surface area contributed by atoms with Crippen LogP contribution in [-0.4, -0.2) is 22.0 Å². The van der Waals surface area contributed by atoms with Crippen molar-refractivity contribution in [3.8, 4) is 0 Å². The molecule has 1 aromatic carbocycles. The number of aromatic carboxylic acids is 1. The van der Waals surface area contributed by atoms with Crippen molar-refractivity contribution in [3.63, 3.8) is 0 Å². The standard InChI is InChI=1S/C14H15N3O3/c15-12-11(13(16)18)10(7-17-12)6-3-8-1-4-9(5-2-8)14(19)20/h1-2,4-5,7,17H,3,6,15H2,(H2,16,18)(H,19,20). The van der Waals surface area contributed by atoms with Gasteiger partial charge in [-0.3, -0.25) is 4.79 Å². The molecular formula is C14H15N3O3. The Balaban J connectivity index is 2.09. The van der Waals surface area contributed by atoms with E-state index in [0.29, 0.717) is 18.4 Å². The number of H-pyrrole nitrogens is 1. The zero-order chi connectivity index (χ0) is 14.7. The molecule has 104 valence electrons. The van der Waals surface area contributed by atoms with Gasteiger partial charge in [0, 0.05) is 6.20 Å². The number of amides is 1. The third kappa shape index (κ3) is 2.80. The lowest BCUT2D eigenvalue weighted by molar-refractivity contribution is 0.0696. The average molecular weight is 273 g/mol. The molecule has 0 fully saturated rings. The summed E-state index contributed by atoms with van der Waals surface area (Å²) < 4.78 is 0. The van der Waals surface area contributed by atoms with Crippen molar-refractivity contribution in [1.82, 2.24) is 4.98 Å². The van der Waals surface area contributed by atoms with Gasteiger partial charge < -0.3 is 21.6 Å². The number of nitrogens with two attached hydrogens (primary N) is 2. The first-order chi connectivity index (χ1) is 9.49. The fourth-order valence-corrected chi connectivity index (χ4v) is 2.06. The van der Waals surface area contributed by atoms with Gasteiger partial charge in [-0.2, -0.15) is 0 Å².